The normalized spacial score (nSPS) is 10.2. The number of carbonyl (C=O) groups excluding carboxylic acids is 1. The molecule has 104 valence electrons. The van der Waals surface area contributed by atoms with Gasteiger partial charge >= 0.3 is 5.97 Å². The van der Waals surface area contributed by atoms with Gasteiger partial charge in [-0.25, -0.2) is 4.79 Å². The first-order chi connectivity index (χ1) is 9.52. The van der Waals surface area contributed by atoms with Gasteiger partial charge in [0.2, 0.25) is 0 Å². The van der Waals surface area contributed by atoms with Crippen molar-refractivity contribution < 1.29 is 9.53 Å². The minimum atomic E-state index is -0.327. The molecule has 0 radical (unpaired) electrons. The summed E-state index contributed by atoms with van der Waals surface area (Å²) in [6.07, 6.45) is 0. The van der Waals surface area contributed by atoms with Gasteiger partial charge in [0.05, 0.1) is 12.7 Å². The van der Waals surface area contributed by atoms with Gasteiger partial charge in [0.25, 0.3) is 0 Å². The van der Waals surface area contributed by atoms with Gasteiger partial charge in [0.15, 0.2) is 0 Å². The number of esters is 1. The van der Waals surface area contributed by atoms with Crippen LogP contribution in [0.25, 0.3) is 11.1 Å². The number of methoxy groups -OCH3 is 1. The molecule has 0 fully saturated rings. The first-order valence-electron chi connectivity index (χ1n) is 6.18. The SMILES string of the molecule is COC(=O)c1cc(N(C)C)ccc1-c1ccc(Br)cc1. The van der Waals surface area contributed by atoms with Crippen molar-refractivity contribution in [1.29, 1.82) is 0 Å². The summed E-state index contributed by atoms with van der Waals surface area (Å²) in [5.41, 5.74) is 3.39. The number of benzene rings is 2. The minimum absolute atomic E-state index is 0.327. The number of rotatable bonds is 3. The quantitative estimate of drug-likeness (QED) is 0.796. The molecule has 2 aromatic rings. The Kier molecular flexibility index (Phi) is 4.45. The third-order valence-corrected chi connectivity index (χ3v) is 3.61. The Hall–Kier alpha value is -1.81. The molecule has 2 rings (SSSR count). The molecule has 0 unspecified atom stereocenters. The molecule has 2 aromatic carbocycles. The van der Waals surface area contributed by atoms with Gasteiger partial charge in [0.1, 0.15) is 0 Å². The Labute approximate surface area is 127 Å². The Morgan fingerprint density at radius 2 is 1.75 bits per heavy atom. The maximum atomic E-state index is 12.0. The molecule has 0 N–H and O–H groups in total. The fourth-order valence-corrected chi connectivity index (χ4v) is 2.23. The van der Waals surface area contributed by atoms with E-state index in [1.54, 1.807) is 0 Å². The van der Waals surface area contributed by atoms with Crippen molar-refractivity contribution in [2.24, 2.45) is 0 Å². The number of halogens is 1. The van der Waals surface area contributed by atoms with E-state index in [-0.39, 0.29) is 5.97 Å². The Morgan fingerprint density at radius 3 is 2.30 bits per heavy atom. The van der Waals surface area contributed by atoms with E-state index < -0.39 is 0 Å². The van der Waals surface area contributed by atoms with Crippen molar-refractivity contribution in [3.05, 3.63) is 52.5 Å². The lowest BCUT2D eigenvalue weighted by molar-refractivity contribution is 0.0601. The van der Waals surface area contributed by atoms with Gasteiger partial charge in [0, 0.05) is 24.3 Å². The highest BCUT2D eigenvalue weighted by Gasteiger charge is 2.14. The van der Waals surface area contributed by atoms with E-state index in [4.69, 9.17) is 4.74 Å². The molecular weight excluding hydrogens is 318 g/mol. The second-order valence-electron chi connectivity index (χ2n) is 4.62. The van der Waals surface area contributed by atoms with Gasteiger partial charge in [-0.2, -0.15) is 0 Å². The summed E-state index contributed by atoms with van der Waals surface area (Å²) in [6.45, 7) is 0. The second-order valence-corrected chi connectivity index (χ2v) is 5.54. The average Bonchev–Trinajstić information content (AvgIpc) is 2.46. The van der Waals surface area contributed by atoms with Gasteiger partial charge in [-0.05, 0) is 35.4 Å². The lowest BCUT2D eigenvalue weighted by Gasteiger charge is -2.16. The van der Waals surface area contributed by atoms with E-state index in [0.717, 1.165) is 21.3 Å². The number of ether oxygens (including phenoxy) is 1. The molecule has 0 heterocycles. The first kappa shape index (κ1) is 14.6. The largest absolute Gasteiger partial charge is 0.465 e. The zero-order valence-corrected chi connectivity index (χ0v) is 13.3. The molecule has 0 aromatic heterocycles. The van der Waals surface area contributed by atoms with Crippen LogP contribution in [-0.2, 0) is 4.74 Å². The van der Waals surface area contributed by atoms with Crippen LogP contribution in [0.4, 0.5) is 5.69 Å². The van der Waals surface area contributed by atoms with E-state index in [1.807, 2.05) is 61.5 Å². The fourth-order valence-electron chi connectivity index (χ4n) is 1.97. The maximum absolute atomic E-state index is 12.0. The van der Waals surface area contributed by atoms with Crippen LogP contribution in [-0.4, -0.2) is 27.2 Å². The molecule has 0 aliphatic rings. The second kappa shape index (κ2) is 6.09. The summed E-state index contributed by atoms with van der Waals surface area (Å²) in [5.74, 6) is -0.327. The molecule has 0 amide bonds. The van der Waals surface area contributed by atoms with Crippen molar-refractivity contribution in [3.8, 4) is 11.1 Å². The highest BCUT2D eigenvalue weighted by molar-refractivity contribution is 9.10. The fraction of sp³-hybridized carbons (Fsp3) is 0.188. The zero-order chi connectivity index (χ0) is 14.7. The summed E-state index contributed by atoms with van der Waals surface area (Å²) >= 11 is 3.41. The predicted octanol–water partition coefficient (Wildman–Crippen LogP) is 3.97. The summed E-state index contributed by atoms with van der Waals surface area (Å²) < 4.78 is 5.90. The monoisotopic (exact) mass is 333 g/mol. The molecule has 0 aliphatic carbocycles. The number of nitrogens with zero attached hydrogens (tertiary/aromatic N) is 1. The van der Waals surface area contributed by atoms with Crippen LogP contribution in [0.5, 0.6) is 0 Å². The standard InChI is InChI=1S/C16H16BrNO2/c1-18(2)13-8-9-14(15(10-13)16(19)20-3)11-4-6-12(17)7-5-11/h4-10H,1-3H3. The molecule has 3 nitrogen and oxygen atoms in total. The van der Waals surface area contributed by atoms with Crippen LogP contribution in [0.1, 0.15) is 10.4 Å². The molecule has 0 aliphatic heterocycles. The van der Waals surface area contributed by atoms with Crippen LogP contribution >= 0.6 is 15.9 Å². The molecule has 0 saturated carbocycles. The first-order valence-corrected chi connectivity index (χ1v) is 6.98. The molecular formula is C16H16BrNO2. The van der Waals surface area contributed by atoms with Gasteiger partial charge in [-0.15, -0.1) is 0 Å². The van der Waals surface area contributed by atoms with Crippen LogP contribution < -0.4 is 4.90 Å². The van der Waals surface area contributed by atoms with Gasteiger partial charge in [-0.1, -0.05) is 34.1 Å². The van der Waals surface area contributed by atoms with E-state index in [1.165, 1.54) is 7.11 Å². The maximum Gasteiger partial charge on any atom is 0.338 e. The Bertz CT molecular complexity index is 621. The minimum Gasteiger partial charge on any atom is -0.465 e. The lowest BCUT2D eigenvalue weighted by atomic mass is 9.99. The summed E-state index contributed by atoms with van der Waals surface area (Å²) in [4.78, 5) is 14.0. The van der Waals surface area contributed by atoms with E-state index in [2.05, 4.69) is 15.9 Å². The molecule has 0 atom stereocenters. The smallest absolute Gasteiger partial charge is 0.338 e. The average molecular weight is 334 g/mol. The van der Waals surface area contributed by atoms with Crippen molar-refractivity contribution in [3.63, 3.8) is 0 Å². The predicted molar refractivity (Wildman–Crippen MR) is 85.2 cm³/mol. The third-order valence-electron chi connectivity index (χ3n) is 3.08. The summed E-state index contributed by atoms with van der Waals surface area (Å²) in [7, 11) is 5.28. The van der Waals surface area contributed by atoms with Crippen LogP contribution in [0, 0.1) is 0 Å². The van der Waals surface area contributed by atoms with Gasteiger partial charge in [-0.3, -0.25) is 0 Å². The van der Waals surface area contributed by atoms with E-state index in [9.17, 15) is 4.79 Å². The number of hydrogen-bond donors (Lipinski definition) is 0. The van der Waals surface area contributed by atoms with Gasteiger partial charge < -0.3 is 9.64 Å². The Balaban J connectivity index is 2.57. The molecule has 0 spiro atoms. The van der Waals surface area contributed by atoms with Crippen molar-refractivity contribution in [2.75, 3.05) is 26.1 Å². The molecule has 4 heteroatoms. The number of hydrogen-bond acceptors (Lipinski definition) is 3. The highest BCUT2D eigenvalue weighted by atomic mass is 79.9. The topological polar surface area (TPSA) is 29.5 Å². The van der Waals surface area contributed by atoms with Crippen molar-refractivity contribution in [1.82, 2.24) is 0 Å². The van der Waals surface area contributed by atoms with Crippen LogP contribution in [0.15, 0.2) is 46.9 Å². The Morgan fingerprint density at radius 1 is 1.10 bits per heavy atom. The summed E-state index contributed by atoms with van der Waals surface area (Å²) in [5, 5.41) is 0. The van der Waals surface area contributed by atoms with E-state index in [0.29, 0.717) is 5.56 Å². The van der Waals surface area contributed by atoms with Crippen LogP contribution in [0.3, 0.4) is 0 Å². The molecule has 0 saturated heterocycles. The van der Waals surface area contributed by atoms with E-state index >= 15 is 0 Å². The van der Waals surface area contributed by atoms with Crippen molar-refractivity contribution in [2.45, 2.75) is 0 Å². The zero-order valence-electron chi connectivity index (χ0n) is 11.7. The lowest BCUT2D eigenvalue weighted by Crippen LogP contribution is -2.11. The molecule has 20 heavy (non-hydrogen) atoms. The summed E-state index contributed by atoms with van der Waals surface area (Å²) in [6, 6.07) is 13.6. The van der Waals surface area contributed by atoms with Crippen LogP contribution in [0.2, 0.25) is 0 Å². The number of anilines is 1. The molecule has 0 bridgehead atoms. The third kappa shape index (κ3) is 3.02. The highest BCUT2D eigenvalue weighted by Crippen LogP contribution is 2.29. The van der Waals surface area contributed by atoms with Crippen molar-refractivity contribution >= 4 is 27.6 Å². The number of carbonyl (C=O) groups is 1.